The number of nitro benzene ring substituents is 1. The Morgan fingerprint density at radius 1 is 1.05 bits per heavy atom. The summed E-state index contributed by atoms with van der Waals surface area (Å²) in [5.41, 5.74) is 1.55. The van der Waals surface area contributed by atoms with Crippen molar-refractivity contribution in [3.8, 4) is 11.5 Å². The Hall–Kier alpha value is -3.24. The Labute approximate surface area is 230 Å². The number of nitrogens with zero attached hydrogens (tertiary/aromatic N) is 2. The van der Waals surface area contributed by atoms with Gasteiger partial charge in [0.2, 0.25) is 0 Å². The molecule has 0 saturated carbocycles. The highest BCUT2D eigenvalue weighted by molar-refractivity contribution is 8.18. The Morgan fingerprint density at radius 3 is 2.54 bits per heavy atom. The number of benzene rings is 3. The summed E-state index contributed by atoms with van der Waals surface area (Å²) in [5.74, 6) is 0.0834. The van der Waals surface area contributed by atoms with Crippen LogP contribution in [0.25, 0.3) is 6.08 Å². The summed E-state index contributed by atoms with van der Waals surface area (Å²) in [5, 5.41) is 11.7. The second kappa shape index (κ2) is 11.4. The normalized spacial score (nSPS) is 14.4. The molecule has 0 N–H and O–H groups in total. The lowest BCUT2D eigenvalue weighted by Gasteiger charge is -2.14. The van der Waals surface area contributed by atoms with E-state index in [1.54, 1.807) is 36.4 Å². The molecule has 0 unspecified atom stereocenters. The Kier molecular flexibility index (Phi) is 8.29. The van der Waals surface area contributed by atoms with Gasteiger partial charge >= 0.3 is 0 Å². The van der Waals surface area contributed by atoms with Crippen molar-refractivity contribution in [3.63, 3.8) is 0 Å². The van der Waals surface area contributed by atoms with E-state index in [9.17, 15) is 19.7 Å². The summed E-state index contributed by atoms with van der Waals surface area (Å²) < 4.78 is 11.3. The van der Waals surface area contributed by atoms with E-state index >= 15 is 0 Å². The first-order chi connectivity index (χ1) is 17.7. The number of non-ortho nitro benzene ring substituents is 1. The first-order valence-electron chi connectivity index (χ1n) is 10.6. The van der Waals surface area contributed by atoms with Gasteiger partial charge in [0.15, 0.2) is 11.5 Å². The number of nitro groups is 1. The molecule has 37 heavy (non-hydrogen) atoms. The lowest BCUT2D eigenvalue weighted by molar-refractivity contribution is -0.384. The lowest BCUT2D eigenvalue weighted by Crippen LogP contribution is -2.27. The zero-order valence-corrected chi connectivity index (χ0v) is 22.2. The first kappa shape index (κ1) is 26.8. The molecular formula is C25H17Cl3N2O6S. The van der Waals surface area contributed by atoms with Crippen molar-refractivity contribution in [3.05, 3.63) is 101 Å². The molecule has 0 bridgehead atoms. The minimum atomic E-state index is -0.536. The van der Waals surface area contributed by atoms with Crippen molar-refractivity contribution >= 4 is 69.5 Å². The Balaban J connectivity index is 1.53. The number of hydrogen-bond donors (Lipinski definition) is 0. The highest BCUT2D eigenvalue weighted by Crippen LogP contribution is 2.40. The van der Waals surface area contributed by atoms with Crippen LogP contribution in [-0.4, -0.2) is 28.1 Å². The van der Waals surface area contributed by atoms with E-state index in [4.69, 9.17) is 44.3 Å². The molecule has 12 heteroatoms. The molecule has 4 rings (SSSR count). The highest BCUT2D eigenvalue weighted by Gasteiger charge is 2.35. The van der Waals surface area contributed by atoms with Crippen LogP contribution in [-0.2, 0) is 17.9 Å². The van der Waals surface area contributed by atoms with E-state index in [1.165, 1.54) is 31.4 Å². The second-order valence-electron chi connectivity index (χ2n) is 7.75. The van der Waals surface area contributed by atoms with Crippen LogP contribution in [0.15, 0.2) is 59.5 Å². The first-order valence-corrected chi connectivity index (χ1v) is 12.5. The number of thioether (sulfide) groups is 1. The highest BCUT2D eigenvalue weighted by atomic mass is 35.5. The monoisotopic (exact) mass is 578 g/mol. The smallest absolute Gasteiger partial charge is 0.293 e. The van der Waals surface area contributed by atoms with Gasteiger partial charge in [-0.05, 0) is 53.2 Å². The Morgan fingerprint density at radius 2 is 1.84 bits per heavy atom. The van der Waals surface area contributed by atoms with Crippen LogP contribution in [0, 0.1) is 10.1 Å². The van der Waals surface area contributed by atoms with Gasteiger partial charge in [-0.15, -0.1) is 0 Å². The van der Waals surface area contributed by atoms with Crippen LogP contribution >= 0.6 is 46.6 Å². The molecule has 190 valence electrons. The van der Waals surface area contributed by atoms with Gasteiger partial charge in [-0.3, -0.25) is 24.6 Å². The summed E-state index contributed by atoms with van der Waals surface area (Å²) in [6.45, 7) is 0.0236. The van der Waals surface area contributed by atoms with E-state index in [2.05, 4.69) is 0 Å². The molecule has 1 saturated heterocycles. The molecule has 1 aliphatic rings. The summed E-state index contributed by atoms with van der Waals surface area (Å²) in [6, 6.07) is 14.0. The van der Waals surface area contributed by atoms with Crippen molar-refractivity contribution in [1.82, 2.24) is 4.90 Å². The molecule has 1 aliphatic heterocycles. The number of imide groups is 1. The second-order valence-corrected chi connectivity index (χ2v) is 10.00. The number of carbonyl (C=O) groups excluding carboxylic acids is 2. The third-order valence-electron chi connectivity index (χ3n) is 5.27. The zero-order valence-electron chi connectivity index (χ0n) is 19.1. The number of hydrogen-bond acceptors (Lipinski definition) is 7. The molecule has 0 atom stereocenters. The molecule has 2 amide bonds. The minimum absolute atomic E-state index is 0.0895. The van der Waals surface area contributed by atoms with E-state index in [1.807, 2.05) is 0 Å². The zero-order chi connectivity index (χ0) is 26.7. The quantitative estimate of drug-likeness (QED) is 0.156. The maximum absolute atomic E-state index is 12.9. The maximum atomic E-state index is 12.9. The number of rotatable bonds is 8. The van der Waals surface area contributed by atoms with E-state index in [0.717, 1.165) is 16.7 Å². The van der Waals surface area contributed by atoms with E-state index < -0.39 is 16.1 Å². The van der Waals surface area contributed by atoms with Crippen LogP contribution in [0.4, 0.5) is 10.5 Å². The van der Waals surface area contributed by atoms with Gasteiger partial charge < -0.3 is 9.47 Å². The van der Waals surface area contributed by atoms with Gasteiger partial charge in [0.25, 0.3) is 16.8 Å². The summed E-state index contributed by atoms with van der Waals surface area (Å²) in [4.78, 5) is 37.2. The topological polar surface area (TPSA) is 99.0 Å². The fourth-order valence-electron chi connectivity index (χ4n) is 3.49. The summed E-state index contributed by atoms with van der Waals surface area (Å²) in [6.07, 6.45) is 1.52. The summed E-state index contributed by atoms with van der Waals surface area (Å²) in [7, 11) is 1.45. The number of methoxy groups -OCH3 is 1. The maximum Gasteiger partial charge on any atom is 0.293 e. The van der Waals surface area contributed by atoms with Crippen molar-refractivity contribution in [2.45, 2.75) is 13.2 Å². The van der Waals surface area contributed by atoms with Gasteiger partial charge in [-0.25, -0.2) is 0 Å². The van der Waals surface area contributed by atoms with Gasteiger partial charge in [0.1, 0.15) is 6.61 Å². The molecule has 1 fully saturated rings. The van der Waals surface area contributed by atoms with Crippen LogP contribution < -0.4 is 9.47 Å². The molecule has 0 aliphatic carbocycles. The Bertz CT molecular complexity index is 1450. The molecular weight excluding hydrogens is 563 g/mol. The number of carbonyl (C=O) groups is 2. The molecule has 3 aromatic rings. The van der Waals surface area contributed by atoms with Crippen LogP contribution in [0.5, 0.6) is 11.5 Å². The van der Waals surface area contributed by atoms with Crippen molar-refractivity contribution < 1.29 is 24.0 Å². The minimum Gasteiger partial charge on any atom is -0.493 e. The standard InChI is InChI=1S/C25H17Cl3N2O6S/c1-35-21-9-15(8-20(28)23(21)36-13-16-5-6-17(26)11-19(16)27)10-22-24(31)29(25(32)37-22)12-14-3-2-4-18(7-14)30(33)34/h2-11H,12-13H2,1H3/b22-10+. The SMILES string of the molecule is COc1cc(/C=C2/SC(=O)N(Cc3cccc([N+](=O)[O-])c3)C2=O)cc(Cl)c1OCc1ccc(Cl)cc1Cl. The van der Waals surface area contributed by atoms with Gasteiger partial charge in [-0.2, -0.15) is 0 Å². The third-order valence-corrected chi connectivity index (χ3v) is 7.05. The van der Waals surface area contributed by atoms with Crippen LogP contribution in [0.3, 0.4) is 0 Å². The van der Waals surface area contributed by atoms with Gasteiger partial charge in [0, 0.05) is 27.7 Å². The van der Waals surface area contributed by atoms with Crippen LogP contribution in [0.2, 0.25) is 15.1 Å². The fraction of sp³-hybridized carbons (Fsp3) is 0.120. The van der Waals surface area contributed by atoms with Gasteiger partial charge in [-0.1, -0.05) is 53.0 Å². The molecule has 0 spiro atoms. The van der Waals surface area contributed by atoms with Crippen molar-refractivity contribution in [1.29, 1.82) is 0 Å². The van der Waals surface area contributed by atoms with Crippen LogP contribution in [0.1, 0.15) is 16.7 Å². The lowest BCUT2D eigenvalue weighted by atomic mass is 10.1. The van der Waals surface area contributed by atoms with E-state index in [-0.39, 0.29) is 34.5 Å². The third kappa shape index (κ3) is 6.19. The fourth-order valence-corrected chi connectivity index (χ4v) is 5.07. The molecule has 8 nitrogen and oxygen atoms in total. The number of halogens is 3. The molecule has 0 aromatic heterocycles. The predicted octanol–water partition coefficient (Wildman–Crippen LogP) is 7.38. The molecule has 0 radical (unpaired) electrons. The number of amides is 2. The van der Waals surface area contributed by atoms with Gasteiger partial charge in [0.05, 0.1) is 28.5 Å². The predicted molar refractivity (Wildman–Crippen MR) is 143 cm³/mol. The average Bonchev–Trinajstić information content (AvgIpc) is 3.11. The largest absolute Gasteiger partial charge is 0.493 e. The van der Waals surface area contributed by atoms with Crippen molar-refractivity contribution in [2.24, 2.45) is 0 Å². The van der Waals surface area contributed by atoms with Crippen molar-refractivity contribution in [2.75, 3.05) is 7.11 Å². The number of ether oxygens (including phenoxy) is 2. The average molecular weight is 580 g/mol. The molecule has 1 heterocycles. The van der Waals surface area contributed by atoms with E-state index in [0.29, 0.717) is 32.5 Å². The molecule has 3 aromatic carbocycles. The summed E-state index contributed by atoms with van der Waals surface area (Å²) >= 11 is 19.4.